The van der Waals surface area contributed by atoms with Gasteiger partial charge >= 0.3 is 0 Å². The standard InChI is InChI=1S/C16H17ClN6O/c17-13-10-18-3-1-14(13)22-7-5-21(6-8-22)11-12-9-16(24)23-15(20-12)2-4-19-23/h1-4,9-10,19H,5-8,11H2. The summed E-state index contributed by atoms with van der Waals surface area (Å²) in [6, 6.07) is 5.34. The lowest BCUT2D eigenvalue weighted by Crippen LogP contribution is -2.46. The van der Waals surface area contributed by atoms with Gasteiger partial charge in [-0.1, -0.05) is 11.6 Å². The highest BCUT2D eigenvalue weighted by molar-refractivity contribution is 6.33. The number of pyridine rings is 1. The summed E-state index contributed by atoms with van der Waals surface area (Å²) in [6.45, 7) is 4.23. The summed E-state index contributed by atoms with van der Waals surface area (Å²) in [7, 11) is 0. The summed E-state index contributed by atoms with van der Waals surface area (Å²) >= 11 is 6.22. The lowest BCUT2D eigenvalue weighted by atomic mass is 10.2. The molecule has 1 saturated heterocycles. The van der Waals surface area contributed by atoms with Crippen LogP contribution in [0, 0.1) is 0 Å². The predicted molar refractivity (Wildman–Crippen MR) is 92.5 cm³/mol. The first-order valence-electron chi connectivity index (χ1n) is 7.83. The van der Waals surface area contributed by atoms with E-state index in [1.807, 2.05) is 6.07 Å². The van der Waals surface area contributed by atoms with Crippen LogP contribution in [-0.4, -0.2) is 50.7 Å². The molecule has 0 unspecified atom stereocenters. The molecule has 3 aromatic heterocycles. The maximum absolute atomic E-state index is 12.0. The molecule has 0 aliphatic carbocycles. The van der Waals surface area contributed by atoms with E-state index in [2.05, 4.69) is 24.9 Å². The van der Waals surface area contributed by atoms with Crippen molar-refractivity contribution in [2.45, 2.75) is 6.54 Å². The average Bonchev–Trinajstić information content (AvgIpc) is 3.05. The van der Waals surface area contributed by atoms with Crippen molar-refractivity contribution in [1.82, 2.24) is 24.5 Å². The first-order chi connectivity index (χ1) is 11.7. The number of hydrogen-bond acceptors (Lipinski definition) is 5. The highest BCUT2D eigenvalue weighted by Crippen LogP contribution is 2.25. The second kappa shape index (κ2) is 6.26. The van der Waals surface area contributed by atoms with Gasteiger partial charge in [0.15, 0.2) is 5.65 Å². The molecule has 0 atom stereocenters. The molecule has 0 aromatic carbocycles. The third-order valence-electron chi connectivity index (χ3n) is 4.28. The lowest BCUT2D eigenvalue weighted by Gasteiger charge is -2.36. The smallest absolute Gasteiger partial charge is 0.272 e. The van der Waals surface area contributed by atoms with Crippen molar-refractivity contribution >= 4 is 22.9 Å². The molecule has 4 heterocycles. The van der Waals surface area contributed by atoms with Gasteiger partial charge in [-0.15, -0.1) is 0 Å². The Hall–Kier alpha value is -2.38. The molecule has 1 aliphatic rings. The molecule has 24 heavy (non-hydrogen) atoms. The van der Waals surface area contributed by atoms with Gasteiger partial charge < -0.3 is 4.90 Å². The molecule has 4 rings (SSSR count). The topological polar surface area (TPSA) is 69.5 Å². The van der Waals surface area contributed by atoms with Crippen molar-refractivity contribution in [3.8, 4) is 0 Å². The minimum Gasteiger partial charge on any atom is -0.368 e. The van der Waals surface area contributed by atoms with E-state index in [-0.39, 0.29) is 5.56 Å². The number of H-pyrrole nitrogens is 1. The van der Waals surface area contributed by atoms with Crippen LogP contribution in [0.3, 0.4) is 0 Å². The lowest BCUT2D eigenvalue weighted by molar-refractivity contribution is 0.247. The Morgan fingerprint density at radius 3 is 2.83 bits per heavy atom. The van der Waals surface area contributed by atoms with Crippen molar-refractivity contribution in [3.05, 3.63) is 57.9 Å². The minimum atomic E-state index is -0.0813. The number of nitrogens with one attached hydrogen (secondary N) is 1. The van der Waals surface area contributed by atoms with Crippen LogP contribution in [0.4, 0.5) is 5.69 Å². The number of piperazine rings is 1. The van der Waals surface area contributed by atoms with Gasteiger partial charge in [-0.25, -0.2) is 9.50 Å². The van der Waals surface area contributed by atoms with Gasteiger partial charge in [0.1, 0.15) is 0 Å². The van der Waals surface area contributed by atoms with Crippen LogP contribution in [0.15, 0.2) is 41.6 Å². The second-order valence-corrected chi connectivity index (χ2v) is 6.24. The third-order valence-corrected chi connectivity index (χ3v) is 4.57. The Morgan fingerprint density at radius 2 is 2.04 bits per heavy atom. The number of nitrogens with zero attached hydrogens (tertiary/aromatic N) is 5. The molecule has 0 saturated carbocycles. The quantitative estimate of drug-likeness (QED) is 0.777. The molecule has 0 radical (unpaired) electrons. The maximum Gasteiger partial charge on any atom is 0.272 e. The fourth-order valence-corrected chi connectivity index (χ4v) is 3.30. The van der Waals surface area contributed by atoms with Crippen molar-refractivity contribution in [2.75, 3.05) is 31.1 Å². The van der Waals surface area contributed by atoms with Crippen LogP contribution in [-0.2, 0) is 6.54 Å². The molecular formula is C16H17ClN6O. The van der Waals surface area contributed by atoms with E-state index >= 15 is 0 Å². The van der Waals surface area contributed by atoms with E-state index in [0.717, 1.165) is 37.6 Å². The molecule has 1 aliphatic heterocycles. The van der Waals surface area contributed by atoms with Crippen LogP contribution in [0.2, 0.25) is 5.02 Å². The van der Waals surface area contributed by atoms with Gasteiger partial charge in [-0.2, -0.15) is 0 Å². The van der Waals surface area contributed by atoms with Crippen LogP contribution >= 0.6 is 11.6 Å². The fourth-order valence-electron chi connectivity index (χ4n) is 3.06. The van der Waals surface area contributed by atoms with E-state index in [0.29, 0.717) is 17.2 Å². The summed E-state index contributed by atoms with van der Waals surface area (Å²) in [6.07, 6.45) is 5.15. The number of anilines is 1. The molecule has 0 bridgehead atoms. The van der Waals surface area contributed by atoms with E-state index < -0.39 is 0 Å². The molecule has 0 amide bonds. The van der Waals surface area contributed by atoms with Crippen molar-refractivity contribution in [2.24, 2.45) is 0 Å². The monoisotopic (exact) mass is 344 g/mol. The minimum absolute atomic E-state index is 0.0813. The Labute approximate surface area is 143 Å². The first kappa shape index (κ1) is 15.2. The number of hydrogen-bond donors (Lipinski definition) is 1. The van der Waals surface area contributed by atoms with Gasteiger partial charge in [-0.3, -0.25) is 19.8 Å². The van der Waals surface area contributed by atoms with Gasteiger partial charge in [0.2, 0.25) is 0 Å². The number of aromatic amines is 1. The van der Waals surface area contributed by atoms with E-state index in [1.54, 1.807) is 30.7 Å². The summed E-state index contributed by atoms with van der Waals surface area (Å²) in [4.78, 5) is 25.1. The average molecular weight is 345 g/mol. The highest BCUT2D eigenvalue weighted by atomic mass is 35.5. The van der Waals surface area contributed by atoms with Crippen molar-refractivity contribution in [1.29, 1.82) is 0 Å². The van der Waals surface area contributed by atoms with E-state index in [1.165, 1.54) is 4.52 Å². The number of fused-ring (bicyclic) bond motifs is 1. The molecule has 124 valence electrons. The van der Waals surface area contributed by atoms with Crippen molar-refractivity contribution < 1.29 is 0 Å². The Bertz CT molecular complexity index is 912. The second-order valence-electron chi connectivity index (χ2n) is 5.83. The zero-order chi connectivity index (χ0) is 16.5. The first-order valence-corrected chi connectivity index (χ1v) is 8.21. The van der Waals surface area contributed by atoms with Gasteiger partial charge in [0.25, 0.3) is 5.56 Å². The molecular weight excluding hydrogens is 328 g/mol. The zero-order valence-electron chi connectivity index (χ0n) is 13.0. The molecule has 8 heteroatoms. The molecule has 1 fully saturated rings. The van der Waals surface area contributed by atoms with Gasteiger partial charge in [0, 0.05) is 63.4 Å². The van der Waals surface area contributed by atoms with Crippen LogP contribution in [0.25, 0.3) is 5.65 Å². The Kier molecular flexibility index (Phi) is 3.95. The SMILES string of the molecule is O=c1cc(CN2CCN(c3ccncc3Cl)CC2)nc2cc[nH]n12. The summed E-state index contributed by atoms with van der Waals surface area (Å²) in [5, 5.41) is 3.53. The van der Waals surface area contributed by atoms with Crippen LogP contribution < -0.4 is 10.5 Å². The maximum atomic E-state index is 12.0. The highest BCUT2D eigenvalue weighted by Gasteiger charge is 2.19. The Balaban J connectivity index is 1.44. The predicted octanol–water partition coefficient (Wildman–Crippen LogP) is 1.39. The van der Waals surface area contributed by atoms with E-state index in [9.17, 15) is 4.79 Å². The number of rotatable bonds is 3. The van der Waals surface area contributed by atoms with Crippen LogP contribution in [0.1, 0.15) is 5.69 Å². The summed E-state index contributed by atoms with van der Waals surface area (Å²) in [5.41, 5.74) is 2.40. The van der Waals surface area contributed by atoms with Gasteiger partial charge in [-0.05, 0) is 6.07 Å². The normalized spacial score (nSPS) is 16.0. The van der Waals surface area contributed by atoms with Gasteiger partial charge in [0.05, 0.1) is 16.4 Å². The fraction of sp³-hybridized carbons (Fsp3) is 0.312. The summed E-state index contributed by atoms with van der Waals surface area (Å²) < 4.78 is 1.44. The summed E-state index contributed by atoms with van der Waals surface area (Å²) in [5.74, 6) is 0. The molecule has 3 aromatic rings. The molecule has 1 N–H and O–H groups in total. The number of halogens is 1. The zero-order valence-corrected chi connectivity index (χ0v) is 13.8. The van der Waals surface area contributed by atoms with E-state index in [4.69, 9.17) is 11.6 Å². The van der Waals surface area contributed by atoms with Crippen LogP contribution in [0.5, 0.6) is 0 Å². The van der Waals surface area contributed by atoms with Crippen molar-refractivity contribution in [3.63, 3.8) is 0 Å². The number of aromatic nitrogens is 4. The third kappa shape index (κ3) is 2.88. The Morgan fingerprint density at radius 1 is 1.21 bits per heavy atom. The molecule has 7 nitrogen and oxygen atoms in total. The largest absolute Gasteiger partial charge is 0.368 e. The molecule has 0 spiro atoms.